The number of nitrogens with zero attached hydrogens (tertiary/aromatic N) is 6. The van der Waals surface area contributed by atoms with Crippen molar-refractivity contribution in [2.24, 2.45) is 0 Å². The average molecular weight is 1310 g/mol. The van der Waals surface area contributed by atoms with E-state index in [0.717, 1.165) is 76.0 Å². The summed E-state index contributed by atoms with van der Waals surface area (Å²) in [7, 11) is 0. The van der Waals surface area contributed by atoms with Gasteiger partial charge >= 0.3 is 0 Å². The van der Waals surface area contributed by atoms with E-state index in [-0.39, 0.29) is 0 Å². The van der Waals surface area contributed by atoms with Crippen LogP contribution in [0.2, 0.25) is 0 Å². The predicted molar refractivity (Wildman–Crippen MR) is 391 cm³/mol. The lowest BCUT2D eigenvalue weighted by molar-refractivity contribution is 0.200. The molecule has 93 heavy (non-hydrogen) atoms. The molecule has 0 aromatic heterocycles. The Balaban J connectivity index is 0.000000127. The number of ether oxygens (including phenoxy) is 3. The van der Waals surface area contributed by atoms with E-state index in [2.05, 4.69) is 176 Å². The molecule has 0 saturated carbocycles. The van der Waals surface area contributed by atoms with Crippen molar-refractivity contribution >= 4 is 35.3 Å². The predicted octanol–water partition coefficient (Wildman–Crippen LogP) is 17.8. The number of hydrogen-bond donors (Lipinski definition) is 0. The largest absolute Gasteiger partial charge is 0.494 e. The van der Waals surface area contributed by atoms with E-state index in [1.165, 1.54) is 240 Å². The monoisotopic (exact) mass is 1310 g/mol. The van der Waals surface area contributed by atoms with Crippen molar-refractivity contribution < 1.29 is 14.2 Å². The Kier molecular flexibility index (Phi) is 24.3. The Bertz CT molecular complexity index is 3110. The number of hydrogen-bond acceptors (Lipinski definition) is 12. The lowest BCUT2D eigenvalue weighted by Crippen LogP contribution is -2.35. The van der Waals surface area contributed by atoms with Crippen LogP contribution in [0.1, 0.15) is 202 Å². The van der Waals surface area contributed by atoms with E-state index in [1.807, 2.05) is 35.3 Å². The summed E-state index contributed by atoms with van der Waals surface area (Å²) in [6.07, 6.45) is 30.0. The molecule has 498 valence electrons. The SMILES string of the molecule is CSc1ccc([C@@H]2CN3CCCC3c3cccc(OCCCN4CCCCC4)c32)cc1.CSc1ccc([C@@H]2CN3CCC[C@H]3c3cc(OCCCN4CCCCC4)ccc32)cc1.CSc1ccc([C@H]2CN3CCC[C@H]3c3cc(OCCCN4CCCCC4)ccc32)cc1. The number of benzene rings is 6. The fourth-order valence-electron chi connectivity index (χ4n) is 17.4. The zero-order chi connectivity index (χ0) is 63.1. The zero-order valence-electron chi connectivity index (χ0n) is 56.7. The highest BCUT2D eigenvalue weighted by molar-refractivity contribution is 7.99. The summed E-state index contributed by atoms with van der Waals surface area (Å²) in [6.45, 7) is 20.7. The van der Waals surface area contributed by atoms with E-state index in [4.69, 9.17) is 14.2 Å². The van der Waals surface area contributed by atoms with Gasteiger partial charge in [-0.05, 0) is 285 Å². The first-order valence-electron chi connectivity index (χ1n) is 36.6. The van der Waals surface area contributed by atoms with Crippen LogP contribution < -0.4 is 14.2 Å². The van der Waals surface area contributed by atoms with Gasteiger partial charge in [-0.25, -0.2) is 0 Å². The van der Waals surface area contributed by atoms with Crippen LogP contribution in [0, 0.1) is 0 Å². The normalized spacial score (nSPS) is 24.0. The first-order valence-corrected chi connectivity index (χ1v) is 40.2. The Morgan fingerprint density at radius 1 is 0.344 bits per heavy atom. The number of fused-ring (bicyclic) bond motifs is 9. The standard InChI is InChI=1S/3C27H36N2OS/c1-31-22-13-11-21(12-14-22)24-20-29-18-6-9-25(29)23-8-5-10-26(27(23)24)30-19-7-17-28-15-3-2-4-16-28;2*1-31-23-11-8-21(9-12-23)26-20-29-17-5-7-27(29)25-19-22(10-13-24(25)26)30-18-6-16-28-14-3-2-4-15-28/h5,8,10-14,24-25H,2-4,6-7,9,15-20H2,1H3;2*8-13,19,26-27H,2-7,14-18,20H2,1H3/t24-,25?;26-,27+;26-,27-/m010/s1. The Labute approximate surface area is 572 Å². The molecular weight excluding hydrogens is 1200 g/mol. The maximum absolute atomic E-state index is 6.49. The lowest BCUT2D eigenvalue weighted by Gasteiger charge is -2.38. The van der Waals surface area contributed by atoms with Crippen molar-refractivity contribution in [3.8, 4) is 17.2 Å². The lowest BCUT2D eigenvalue weighted by atomic mass is 9.81. The molecule has 9 nitrogen and oxygen atoms in total. The third-order valence-electron chi connectivity index (χ3n) is 22.3. The summed E-state index contributed by atoms with van der Waals surface area (Å²) in [6, 6.07) is 50.1. The van der Waals surface area contributed by atoms with Gasteiger partial charge in [0, 0.05) is 95.4 Å². The van der Waals surface area contributed by atoms with E-state index >= 15 is 0 Å². The Morgan fingerprint density at radius 2 is 0.710 bits per heavy atom. The minimum atomic E-state index is 0.401. The van der Waals surface area contributed by atoms with Crippen molar-refractivity contribution in [2.45, 2.75) is 166 Å². The molecule has 12 heteroatoms. The van der Waals surface area contributed by atoms with Crippen LogP contribution in [0.4, 0.5) is 0 Å². The molecule has 9 heterocycles. The van der Waals surface area contributed by atoms with Gasteiger partial charge in [0.15, 0.2) is 0 Å². The minimum absolute atomic E-state index is 0.401. The molecule has 0 aliphatic carbocycles. The third-order valence-corrected chi connectivity index (χ3v) is 24.5. The molecule has 0 radical (unpaired) electrons. The van der Waals surface area contributed by atoms with Gasteiger partial charge in [0.25, 0.3) is 0 Å². The molecule has 6 atom stereocenters. The van der Waals surface area contributed by atoms with E-state index in [9.17, 15) is 0 Å². The molecule has 6 aromatic carbocycles. The summed E-state index contributed by atoms with van der Waals surface area (Å²) in [4.78, 5) is 19.9. The molecule has 0 spiro atoms. The summed E-state index contributed by atoms with van der Waals surface area (Å²) in [5.74, 6) is 4.58. The van der Waals surface area contributed by atoms with Crippen molar-refractivity contribution in [1.29, 1.82) is 0 Å². The first kappa shape index (κ1) is 67.1. The maximum atomic E-state index is 6.49. The summed E-state index contributed by atoms with van der Waals surface area (Å²) >= 11 is 5.45. The fraction of sp³-hybridized carbons (Fsp3) is 0.556. The van der Waals surface area contributed by atoms with Crippen molar-refractivity contribution in [1.82, 2.24) is 29.4 Å². The van der Waals surface area contributed by atoms with Gasteiger partial charge in [0.05, 0.1) is 19.8 Å². The Hall–Kier alpha value is -4.47. The molecule has 0 bridgehead atoms. The van der Waals surface area contributed by atoms with Gasteiger partial charge < -0.3 is 28.9 Å². The minimum Gasteiger partial charge on any atom is -0.494 e. The van der Waals surface area contributed by atoms with Gasteiger partial charge in [-0.15, -0.1) is 35.3 Å². The smallest absolute Gasteiger partial charge is 0.123 e. The van der Waals surface area contributed by atoms with Gasteiger partial charge in [0.2, 0.25) is 0 Å². The number of thioether (sulfide) groups is 3. The average Bonchev–Trinajstić information content (AvgIpc) is 1.82. The second kappa shape index (κ2) is 33.7. The van der Waals surface area contributed by atoms with Crippen molar-refractivity contribution in [2.75, 3.05) is 137 Å². The highest BCUT2D eigenvalue weighted by Crippen LogP contribution is 2.50. The van der Waals surface area contributed by atoms with Crippen LogP contribution in [0.5, 0.6) is 17.2 Å². The molecular formula is C81H108N6O3S3. The zero-order valence-corrected chi connectivity index (χ0v) is 59.1. The molecule has 1 unspecified atom stereocenters. The third kappa shape index (κ3) is 16.9. The molecule has 15 rings (SSSR count). The van der Waals surface area contributed by atoms with E-state index in [1.54, 1.807) is 0 Å². The summed E-state index contributed by atoms with van der Waals surface area (Å²) in [5.41, 5.74) is 13.3. The van der Waals surface area contributed by atoms with Crippen molar-refractivity contribution in [3.63, 3.8) is 0 Å². The second-order valence-electron chi connectivity index (χ2n) is 28.1. The number of piperidine rings is 3. The Morgan fingerprint density at radius 3 is 1.11 bits per heavy atom. The van der Waals surface area contributed by atoms with Crippen LogP contribution >= 0.6 is 35.3 Å². The highest BCUT2D eigenvalue weighted by Gasteiger charge is 2.40. The van der Waals surface area contributed by atoms with E-state index < -0.39 is 0 Å². The number of likely N-dealkylation sites (tertiary alicyclic amines) is 3. The van der Waals surface area contributed by atoms with Crippen molar-refractivity contribution in [3.05, 3.63) is 177 Å². The fourth-order valence-corrected chi connectivity index (χ4v) is 18.6. The van der Waals surface area contributed by atoms with Crippen LogP contribution in [-0.2, 0) is 0 Å². The second-order valence-corrected chi connectivity index (χ2v) is 30.7. The molecule has 0 N–H and O–H groups in total. The summed E-state index contributed by atoms with van der Waals surface area (Å²) < 4.78 is 19.0. The van der Waals surface area contributed by atoms with Gasteiger partial charge in [0.1, 0.15) is 17.2 Å². The van der Waals surface area contributed by atoms with Crippen LogP contribution in [0.15, 0.2) is 142 Å². The summed E-state index contributed by atoms with van der Waals surface area (Å²) in [5, 5.41) is 0. The highest BCUT2D eigenvalue weighted by atomic mass is 32.2. The maximum Gasteiger partial charge on any atom is 0.123 e. The first-order chi connectivity index (χ1) is 46.0. The molecule has 0 amide bonds. The van der Waals surface area contributed by atoms with Crippen LogP contribution in [-0.4, -0.2) is 166 Å². The van der Waals surface area contributed by atoms with Crippen LogP contribution in [0.3, 0.4) is 0 Å². The van der Waals surface area contributed by atoms with Gasteiger partial charge in [-0.3, -0.25) is 14.7 Å². The molecule has 6 saturated heterocycles. The molecule has 9 aliphatic heterocycles. The topological polar surface area (TPSA) is 47.1 Å². The number of rotatable bonds is 21. The molecule has 6 aromatic rings. The van der Waals surface area contributed by atoms with Gasteiger partial charge in [-0.1, -0.05) is 79.9 Å². The molecule has 9 aliphatic rings. The van der Waals surface area contributed by atoms with Crippen LogP contribution in [0.25, 0.3) is 0 Å². The quantitative estimate of drug-likeness (QED) is 0.0510. The van der Waals surface area contributed by atoms with E-state index in [0.29, 0.717) is 35.9 Å². The molecule has 6 fully saturated rings. The van der Waals surface area contributed by atoms with Gasteiger partial charge in [-0.2, -0.15) is 0 Å².